The molecule has 3 heterocycles. The zero-order chi connectivity index (χ0) is 54.9. The van der Waals surface area contributed by atoms with E-state index in [9.17, 15) is 43.5 Å². The summed E-state index contributed by atoms with van der Waals surface area (Å²) in [6.45, 7) is 4.57. The van der Waals surface area contributed by atoms with Gasteiger partial charge < -0.3 is 69.5 Å². The van der Waals surface area contributed by atoms with Gasteiger partial charge in [-0.05, 0) is 62.8 Å². The van der Waals surface area contributed by atoms with E-state index < -0.39 is 106 Å². The van der Waals surface area contributed by atoms with Crippen LogP contribution >= 0.6 is 21.6 Å². The number of para-hydroxylation sites is 1. The van der Waals surface area contributed by atoms with Crippen LogP contribution < -0.4 is 54.4 Å². The summed E-state index contributed by atoms with van der Waals surface area (Å²) >= 11 is 0. The second kappa shape index (κ2) is 27.5. The number of nitrogens with two attached hydrogens (primary N) is 3. The minimum absolute atomic E-state index is 0.0300. The summed E-state index contributed by atoms with van der Waals surface area (Å²) in [5.41, 5.74) is 21.8. The molecule has 16 N–H and O–H groups in total. The van der Waals surface area contributed by atoms with E-state index in [4.69, 9.17) is 17.2 Å². The fourth-order valence-corrected chi connectivity index (χ4v) is 11.2. The third-order valence-corrected chi connectivity index (χ3v) is 16.0. The summed E-state index contributed by atoms with van der Waals surface area (Å²) in [6, 6.07) is 14.7. The van der Waals surface area contributed by atoms with Gasteiger partial charge in [-0.1, -0.05) is 100 Å². The minimum Gasteiger partial charge on any atom is -0.391 e. The van der Waals surface area contributed by atoms with Crippen molar-refractivity contribution in [3.8, 4) is 0 Å². The SMILES string of the molecule is C[C@@H](O)[C@H](NC(=O)[C@@H]1CSSC(C)(C)[C@@H](NC(=O)[C@H](N)Cc2ccccc2)C(=O)N[C@@H](Cc2cnc[nH]2)C(=O)N[C@H](Cc2ccccc2)C(=O)NCCC[C@H](N)C(=O)N[C@@H](Cc2c[nH]c3ccccc23)C(=O)N1)C(N)=O. The third-order valence-electron chi connectivity index (χ3n) is 12.7. The van der Waals surface area contributed by atoms with Crippen LogP contribution in [0.4, 0.5) is 0 Å². The molecule has 1 aliphatic rings. The lowest BCUT2D eigenvalue weighted by atomic mass is 9.99. The van der Waals surface area contributed by atoms with Gasteiger partial charge in [0, 0.05) is 65.3 Å². The molecule has 76 heavy (non-hydrogen) atoms. The van der Waals surface area contributed by atoms with Crippen LogP contribution in [0.25, 0.3) is 10.9 Å². The number of nitrogens with zero attached hydrogens (tertiary/aromatic N) is 1. The number of amides is 8. The molecule has 0 unspecified atom stereocenters. The Morgan fingerprint density at radius 2 is 1.41 bits per heavy atom. The predicted octanol–water partition coefficient (Wildman–Crippen LogP) is -0.339. The van der Waals surface area contributed by atoms with Crippen LogP contribution in [0.15, 0.2) is 104 Å². The van der Waals surface area contributed by atoms with E-state index in [2.05, 4.69) is 52.2 Å². The average molecular weight is 1080 g/mol. The lowest BCUT2D eigenvalue weighted by Gasteiger charge is -2.35. The number of carbonyl (C=O) groups is 8. The Morgan fingerprint density at radius 1 is 0.789 bits per heavy atom. The first kappa shape index (κ1) is 58.0. The lowest BCUT2D eigenvalue weighted by molar-refractivity contribution is -0.134. The number of aromatic nitrogens is 3. The number of aliphatic hydroxyl groups excluding tert-OH is 1. The highest BCUT2D eigenvalue weighted by atomic mass is 33.1. The Kier molecular flexibility index (Phi) is 21.0. The molecule has 5 aromatic rings. The molecule has 0 spiro atoms. The van der Waals surface area contributed by atoms with Gasteiger partial charge in [0.1, 0.15) is 36.3 Å². The van der Waals surface area contributed by atoms with Crippen LogP contribution in [0, 0.1) is 0 Å². The van der Waals surface area contributed by atoms with Crippen LogP contribution in [0.1, 0.15) is 56.0 Å². The van der Waals surface area contributed by atoms with Crippen molar-refractivity contribution in [3.05, 3.63) is 126 Å². The number of aromatic amines is 2. The highest BCUT2D eigenvalue weighted by Crippen LogP contribution is 2.39. The van der Waals surface area contributed by atoms with Crippen LogP contribution in [-0.4, -0.2) is 139 Å². The quantitative estimate of drug-likeness (QED) is 0.0634. The molecule has 8 amide bonds. The van der Waals surface area contributed by atoms with Crippen molar-refractivity contribution in [2.24, 2.45) is 17.2 Å². The van der Waals surface area contributed by atoms with Gasteiger partial charge in [0.25, 0.3) is 0 Å². The zero-order valence-electron chi connectivity index (χ0n) is 42.4. The molecule has 0 bridgehead atoms. The molecule has 0 saturated carbocycles. The predicted molar refractivity (Wildman–Crippen MR) is 289 cm³/mol. The standard InChI is InChI=1S/C52H67N13O9S2/c1-29(66)42(44(55)67)64-50(73)41-27-75-76-52(2,3)43(65-46(69)36(54)21-30-13-6-4-7-14-30)51(74)62-40(24-33-26-56-28-59-33)49(72)61-38(22-31-15-8-5-9-16-31)47(70)57-20-12-18-35(53)45(68)60-39(48(71)63-41)23-32-25-58-37-19-11-10-17-34(32)37/h4-11,13-17,19,25-26,28-29,35-36,38-43,58,66H,12,18,20-24,27,53-54H2,1-3H3,(H2,55,67)(H,56,59)(H,57,70)(H,60,68)(H,61,72)(H,62,74)(H,63,71)(H,64,73)(H,65,69)/t29-,35+,36-,38-,39+,40+,41+,42+,43+/m1/s1. The van der Waals surface area contributed by atoms with Crippen molar-refractivity contribution >= 4 is 79.7 Å². The van der Waals surface area contributed by atoms with Gasteiger partial charge in [0.2, 0.25) is 47.3 Å². The second-order valence-electron chi connectivity index (χ2n) is 19.2. The monoisotopic (exact) mass is 1080 g/mol. The minimum atomic E-state index is -1.56. The number of hydrogen-bond donors (Lipinski definition) is 13. The number of carbonyl (C=O) groups excluding carboxylic acids is 8. The fourth-order valence-electron chi connectivity index (χ4n) is 8.41. The summed E-state index contributed by atoms with van der Waals surface area (Å²) in [5, 5.41) is 30.3. The molecule has 1 aliphatic heterocycles. The summed E-state index contributed by atoms with van der Waals surface area (Å²) in [6.07, 6.45) is 3.38. The Morgan fingerprint density at radius 3 is 2.08 bits per heavy atom. The van der Waals surface area contributed by atoms with E-state index >= 15 is 0 Å². The van der Waals surface area contributed by atoms with Crippen molar-refractivity contribution in [1.29, 1.82) is 0 Å². The molecule has 1 fully saturated rings. The van der Waals surface area contributed by atoms with E-state index in [0.717, 1.165) is 43.6 Å². The second-order valence-corrected chi connectivity index (χ2v) is 22.2. The number of nitrogens with one attached hydrogen (secondary N) is 9. The largest absolute Gasteiger partial charge is 0.391 e. The molecule has 0 aliphatic carbocycles. The zero-order valence-corrected chi connectivity index (χ0v) is 44.0. The van der Waals surface area contributed by atoms with Crippen molar-refractivity contribution < 1.29 is 43.5 Å². The maximum Gasteiger partial charge on any atom is 0.244 e. The fraction of sp³-hybridized carbons (Fsp3) is 0.404. The van der Waals surface area contributed by atoms with Gasteiger partial charge >= 0.3 is 0 Å². The molecule has 22 nitrogen and oxygen atoms in total. The molecular weight excluding hydrogens is 1010 g/mol. The van der Waals surface area contributed by atoms with Gasteiger partial charge in [-0.25, -0.2) is 4.98 Å². The van der Waals surface area contributed by atoms with E-state index in [-0.39, 0.29) is 50.8 Å². The topological polar surface area (TPSA) is 364 Å². The number of primary amides is 1. The van der Waals surface area contributed by atoms with Crippen LogP contribution in [-0.2, 0) is 64.0 Å². The first-order valence-corrected chi connectivity index (χ1v) is 27.1. The average Bonchev–Trinajstić information content (AvgIpc) is 4.07. The van der Waals surface area contributed by atoms with E-state index in [0.29, 0.717) is 11.3 Å². The van der Waals surface area contributed by atoms with Crippen molar-refractivity contribution in [1.82, 2.24) is 52.2 Å². The summed E-state index contributed by atoms with van der Waals surface area (Å²) in [7, 11) is 2.05. The highest BCUT2D eigenvalue weighted by Gasteiger charge is 2.41. The van der Waals surface area contributed by atoms with Crippen molar-refractivity contribution in [2.75, 3.05) is 12.3 Å². The number of H-pyrrole nitrogens is 2. The van der Waals surface area contributed by atoms with E-state index in [1.807, 2.05) is 36.4 Å². The third kappa shape index (κ3) is 16.6. The van der Waals surface area contributed by atoms with Gasteiger partial charge in [-0.3, -0.25) is 38.4 Å². The summed E-state index contributed by atoms with van der Waals surface area (Å²) in [5.74, 6) is -6.53. The van der Waals surface area contributed by atoms with Crippen molar-refractivity contribution in [3.63, 3.8) is 0 Å². The summed E-state index contributed by atoms with van der Waals surface area (Å²) in [4.78, 5) is 123. The van der Waals surface area contributed by atoms with Gasteiger partial charge in [0.15, 0.2) is 0 Å². The Bertz CT molecular complexity index is 2780. The molecule has 3 aromatic carbocycles. The van der Waals surface area contributed by atoms with Crippen LogP contribution in [0.5, 0.6) is 0 Å². The lowest BCUT2D eigenvalue weighted by Crippen LogP contribution is -2.62. The molecule has 9 atom stereocenters. The molecule has 24 heteroatoms. The van der Waals surface area contributed by atoms with Crippen LogP contribution in [0.2, 0.25) is 0 Å². The highest BCUT2D eigenvalue weighted by molar-refractivity contribution is 8.77. The van der Waals surface area contributed by atoms with Gasteiger partial charge in [0.05, 0.1) is 24.5 Å². The molecule has 1 saturated heterocycles. The maximum absolute atomic E-state index is 14.9. The number of imidazole rings is 1. The molecule has 2 aromatic heterocycles. The van der Waals surface area contributed by atoms with Gasteiger partial charge in [-0.2, -0.15) is 0 Å². The Hall–Kier alpha value is -7.25. The Balaban J connectivity index is 1.38. The van der Waals surface area contributed by atoms with Crippen LogP contribution in [0.3, 0.4) is 0 Å². The smallest absolute Gasteiger partial charge is 0.244 e. The van der Waals surface area contributed by atoms with E-state index in [1.165, 1.54) is 19.4 Å². The van der Waals surface area contributed by atoms with Gasteiger partial charge in [-0.15, -0.1) is 0 Å². The number of hydrogen-bond acceptors (Lipinski definition) is 14. The molecule has 406 valence electrons. The number of benzene rings is 3. The summed E-state index contributed by atoms with van der Waals surface area (Å²) < 4.78 is -1.32. The number of fused-ring (bicyclic) bond motifs is 1. The number of aliphatic hydroxyl groups is 1. The molecular formula is C52H67N13O9S2. The van der Waals surface area contributed by atoms with Crippen molar-refractivity contribution in [2.45, 2.75) is 118 Å². The molecule has 6 rings (SSSR count). The maximum atomic E-state index is 14.9. The molecule has 0 radical (unpaired) electrons. The van der Waals surface area contributed by atoms with E-state index in [1.54, 1.807) is 68.6 Å². The number of rotatable bonds is 14. The Labute approximate surface area is 447 Å². The first-order valence-electron chi connectivity index (χ1n) is 24.8. The normalized spacial score (nSPS) is 22.8. The first-order chi connectivity index (χ1) is 36.3.